The monoisotopic (exact) mass is 398 g/mol. The molecule has 1 aliphatic heterocycles. The molecule has 1 aliphatic rings. The average Bonchev–Trinajstić information content (AvgIpc) is 3.11. The van der Waals surface area contributed by atoms with E-state index >= 15 is 0 Å². The van der Waals surface area contributed by atoms with Gasteiger partial charge < -0.3 is 19.9 Å². The van der Waals surface area contributed by atoms with Gasteiger partial charge in [0.05, 0.1) is 18.4 Å². The second kappa shape index (κ2) is 8.89. The highest BCUT2D eigenvalue weighted by molar-refractivity contribution is 6.05. The van der Waals surface area contributed by atoms with E-state index in [1.165, 1.54) is 7.11 Å². The Bertz CT molecular complexity index is 933. The number of ether oxygens (including phenoxy) is 1. The van der Waals surface area contributed by atoms with Gasteiger partial charge in [0.1, 0.15) is 0 Å². The number of fused-ring (bicyclic) bond motifs is 1. The van der Waals surface area contributed by atoms with Gasteiger partial charge in [0.2, 0.25) is 0 Å². The highest BCUT2D eigenvalue weighted by Crippen LogP contribution is 2.22. The number of carbonyl (C=O) groups excluding carboxylic acids is 3. The first-order valence-corrected chi connectivity index (χ1v) is 9.78. The van der Waals surface area contributed by atoms with Crippen molar-refractivity contribution in [2.45, 2.75) is 39.7 Å². The minimum absolute atomic E-state index is 0.253. The lowest BCUT2D eigenvalue weighted by Crippen LogP contribution is -2.30. The molecular formula is C21H26N4O4. The molecule has 2 amide bonds. The van der Waals surface area contributed by atoms with Gasteiger partial charge in [-0.05, 0) is 43.4 Å². The Morgan fingerprint density at radius 2 is 2.00 bits per heavy atom. The molecule has 0 unspecified atom stereocenters. The normalized spacial score (nSPS) is 13.0. The summed E-state index contributed by atoms with van der Waals surface area (Å²) in [5.41, 5.74) is 1.82. The molecule has 0 fully saturated rings. The second-order valence-electron chi connectivity index (χ2n) is 7.47. The number of aromatic nitrogens is 2. The van der Waals surface area contributed by atoms with Crippen LogP contribution in [0.5, 0.6) is 0 Å². The summed E-state index contributed by atoms with van der Waals surface area (Å²) in [6, 6.07) is 6.50. The number of nitrogens with one attached hydrogen (secondary N) is 2. The van der Waals surface area contributed by atoms with Gasteiger partial charge in [-0.25, -0.2) is 9.78 Å². The molecule has 2 heterocycles. The SMILES string of the molecule is COC(=O)c1cccc(NC(=O)c2nc(C(=O)NCC(C)C)n3c2CCCC3)c1. The highest BCUT2D eigenvalue weighted by Gasteiger charge is 2.27. The summed E-state index contributed by atoms with van der Waals surface area (Å²) < 4.78 is 6.56. The lowest BCUT2D eigenvalue weighted by atomic mass is 10.1. The number of hydrogen-bond acceptors (Lipinski definition) is 5. The van der Waals surface area contributed by atoms with E-state index in [4.69, 9.17) is 4.74 Å². The van der Waals surface area contributed by atoms with Crippen molar-refractivity contribution >= 4 is 23.5 Å². The molecule has 1 aromatic heterocycles. The van der Waals surface area contributed by atoms with Crippen molar-refractivity contribution in [1.82, 2.24) is 14.9 Å². The topological polar surface area (TPSA) is 102 Å². The highest BCUT2D eigenvalue weighted by atomic mass is 16.5. The van der Waals surface area contributed by atoms with E-state index in [-0.39, 0.29) is 17.4 Å². The quantitative estimate of drug-likeness (QED) is 0.729. The maximum absolute atomic E-state index is 12.9. The van der Waals surface area contributed by atoms with Crippen molar-refractivity contribution < 1.29 is 19.1 Å². The molecule has 0 spiro atoms. The molecule has 8 heteroatoms. The zero-order chi connectivity index (χ0) is 21.0. The molecule has 2 aromatic rings. The van der Waals surface area contributed by atoms with E-state index in [1.54, 1.807) is 24.3 Å². The van der Waals surface area contributed by atoms with Gasteiger partial charge >= 0.3 is 5.97 Å². The molecule has 0 radical (unpaired) electrons. The molecule has 29 heavy (non-hydrogen) atoms. The Balaban J connectivity index is 1.85. The molecule has 0 aliphatic carbocycles. The van der Waals surface area contributed by atoms with Gasteiger partial charge in [-0.15, -0.1) is 0 Å². The predicted molar refractivity (Wildman–Crippen MR) is 108 cm³/mol. The number of methoxy groups -OCH3 is 1. The summed E-state index contributed by atoms with van der Waals surface area (Å²) in [5, 5.41) is 5.65. The number of hydrogen-bond donors (Lipinski definition) is 2. The van der Waals surface area contributed by atoms with Gasteiger partial charge in [0, 0.05) is 18.8 Å². The van der Waals surface area contributed by atoms with Crippen LogP contribution in [0.3, 0.4) is 0 Å². The third-order valence-electron chi connectivity index (χ3n) is 4.75. The molecule has 8 nitrogen and oxygen atoms in total. The van der Waals surface area contributed by atoms with Crippen molar-refractivity contribution in [3.05, 3.63) is 47.0 Å². The smallest absolute Gasteiger partial charge is 0.337 e. The van der Waals surface area contributed by atoms with E-state index < -0.39 is 11.9 Å². The number of anilines is 1. The first kappa shape index (κ1) is 20.6. The van der Waals surface area contributed by atoms with Crippen LogP contribution in [0.4, 0.5) is 5.69 Å². The minimum Gasteiger partial charge on any atom is -0.465 e. The first-order chi connectivity index (χ1) is 13.9. The number of amides is 2. The molecule has 154 valence electrons. The summed E-state index contributed by atoms with van der Waals surface area (Å²) in [6.45, 7) is 5.24. The third kappa shape index (κ3) is 4.64. The summed E-state index contributed by atoms with van der Waals surface area (Å²) in [7, 11) is 1.30. The molecule has 2 N–H and O–H groups in total. The fourth-order valence-corrected chi connectivity index (χ4v) is 3.31. The largest absolute Gasteiger partial charge is 0.465 e. The van der Waals surface area contributed by atoms with Crippen molar-refractivity contribution in [1.29, 1.82) is 0 Å². The Morgan fingerprint density at radius 1 is 1.21 bits per heavy atom. The lowest BCUT2D eigenvalue weighted by Gasteiger charge is -2.17. The summed E-state index contributed by atoms with van der Waals surface area (Å²) in [5.74, 6) is -0.563. The Hall–Kier alpha value is -3.16. The molecule has 0 saturated heterocycles. The van der Waals surface area contributed by atoms with Gasteiger partial charge in [-0.3, -0.25) is 9.59 Å². The molecule has 1 aromatic carbocycles. The Kier molecular flexibility index (Phi) is 6.31. The van der Waals surface area contributed by atoms with Crippen molar-refractivity contribution in [2.75, 3.05) is 19.0 Å². The number of esters is 1. The predicted octanol–water partition coefficient (Wildman–Crippen LogP) is 2.64. The van der Waals surface area contributed by atoms with Crippen molar-refractivity contribution in [3.63, 3.8) is 0 Å². The molecular weight excluding hydrogens is 372 g/mol. The molecule has 0 saturated carbocycles. The standard InChI is InChI=1S/C21H26N4O4/c1-13(2)12-22-20(27)18-24-17(16-9-4-5-10-25(16)18)19(26)23-15-8-6-7-14(11-15)21(28)29-3/h6-8,11,13H,4-5,9-10,12H2,1-3H3,(H,22,27)(H,23,26). The summed E-state index contributed by atoms with van der Waals surface area (Å²) in [4.78, 5) is 41.6. The molecule has 0 bridgehead atoms. The van der Waals surface area contributed by atoms with E-state index in [9.17, 15) is 14.4 Å². The van der Waals surface area contributed by atoms with Crippen LogP contribution >= 0.6 is 0 Å². The van der Waals surface area contributed by atoms with E-state index in [1.807, 2.05) is 18.4 Å². The fourth-order valence-electron chi connectivity index (χ4n) is 3.31. The van der Waals surface area contributed by atoms with E-state index in [0.717, 1.165) is 18.5 Å². The minimum atomic E-state index is -0.482. The summed E-state index contributed by atoms with van der Waals surface area (Å²) in [6.07, 6.45) is 2.57. The van der Waals surface area contributed by atoms with Crippen LogP contribution in [0.25, 0.3) is 0 Å². The van der Waals surface area contributed by atoms with Gasteiger partial charge in [-0.2, -0.15) is 0 Å². The third-order valence-corrected chi connectivity index (χ3v) is 4.75. The van der Waals surface area contributed by atoms with Crippen LogP contribution in [0, 0.1) is 5.92 Å². The summed E-state index contributed by atoms with van der Waals surface area (Å²) >= 11 is 0. The number of nitrogens with zero attached hydrogens (tertiary/aromatic N) is 2. The zero-order valence-corrected chi connectivity index (χ0v) is 16.9. The fraction of sp³-hybridized carbons (Fsp3) is 0.429. The second-order valence-corrected chi connectivity index (χ2v) is 7.47. The number of carbonyl (C=O) groups is 3. The van der Waals surface area contributed by atoms with Crippen LogP contribution in [-0.4, -0.2) is 41.0 Å². The average molecular weight is 398 g/mol. The van der Waals surface area contributed by atoms with Crippen molar-refractivity contribution in [2.24, 2.45) is 5.92 Å². The van der Waals surface area contributed by atoms with Gasteiger partial charge in [0.15, 0.2) is 11.5 Å². The molecule has 3 rings (SSSR count). The molecule has 0 atom stereocenters. The number of rotatable bonds is 6. The van der Waals surface area contributed by atoms with Crippen LogP contribution < -0.4 is 10.6 Å². The van der Waals surface area contributed by atoms with E-state index in [0.29, 0.717) is 36.7 Å². The zero-order valence-electron chi connectivity index (χ0n) is 16.9. The maximum atomic E-state index is 12.9. The lowest BCUT2D eigenvalue weighted by molar-refractivity contribution is 0.0600. The van der Waals surface area contributed by atoms with Crippen molar-refractivity contribution in [3.8, 4) is 0 Å². The van der Waals surface area contributed by atoms with Crippen LogP contribution in [0.15, 0.2) is 24.3 Å². The number of imidazole rings is 1. The van der Waals surface area contributed by atoms with Gasteiger partial charge in [0.25, 0.3) is 11.8 Å². The van der Waals surface area contributed by atoms with Crippen LogP contribution in [0.1, 0.15) is 63.8 Å². The van der Waals surface area contributed by atoms with E-state index in [2.05, 4.69) is 15.6 Å². The van der Waals surface area contributed by atoms with Crippen LogP contribution in [0.2, 0.25) is 0 Å². The van der Waals surface area contributed by atoms with Gasteiger partial charge in [-0.1, -0.05) is 19.9 Å². The Morgan fingerprint density at radius 3 is 2.72 bits per heavy atom. The number of benzene rings is 1. The van der Waals surface area contributed by atoms with Crippen LogP contribution in [-0.2, 0) is 17.7 Å². The maximum Gasteiger partial charge on any atom is 0.337 e. The Labute approximate surface area is 169 Å². The first-order valence-electron chi connectivity index (χ1n) is 9.78.